The fourth-order valence-corrected chi connectivity index (χ4v) is 2.09. The maximum absolute atomic E-state index is 9.48. The van der Waals surface area contributed by atoms with Crippen LogP contribution in [0.1, 0.15) is 39.5 Å². The van der Waals surface area contributed by atoms with E-state index < -0.39 is 0 Å². The minimum Gasteiger partial charge on any atom is -0.394 e. The number of nitrogens with one attached hydrogen (secondary N) is 1. The predicted molar refractivity (Wildman–Crippen MR) is 61.9 cm³/mol. The Morgan fingerprint density at radius 2 is 1.87 bits per heavy atom. The van der Waals surface area contributed by atoms with Crippen molar-refractivity contribution in [2.24, 2.45) is 5.92 Å². The van der Waals surface area contributed by atoms with Crippen molar-refractivity contribution in [2.75, 3.05) is 26.4 Å². The standard InChI is InChI=1S/C12H25NO2/c1-3-11(4-2)9-13-12(10-14)5-7-15-8-6-12/h11,13-14H,3-10H2,1-2H3. The molecule has 0 aliphatic carbocycles. The van der Waals surface area contributed by atoms with Gasteiger partial charge in [-0.3, -0.25) is 0 Å². The Bertz CT molecular complexity index is 163. The summed E-state index contributed by atoms with van der Waals surface area (Å²) in [7, 11) is 0. The van der Waals surface area contributed by atoms with E-state index in [0.29, 0.717) is 0 Å². The van der Waals surface area contributed by atoms with Crippen LogP contribution >= 0.6 is 0 Å². The molecule has 0 bridgehead atoms. The summed E-state index contributed by atoms with van der Waals surface area (Å²) in [6.45, 7) is 7.26. The lowest BCUT2D eigenvalue weighted by Crippen LogP contribution is -2.53. The van der Waals surface area contributed by atoms with Crippen molar-refractivity contribution < 1.29 is 9.84 Å². The van der Waals surface area contributed by atoms with E-state index in [-0.39, 0.29) is 12.1 Å². The number of ether oxygens (including phenoxy) is 1. The Hall–Kier alpha value is -0.120. The minimum atomic E-state index is -0.0686. The third kappa shape index (κ3) is 3.74. The summed E-state index contributed by atoms with van der Waals surface area (Å²) in [6.07, 6.45) is 4.29. The highest BCUT2D eigenvalue weighted by atomic mass is 16.5. The van der Waals surface area contributed by atoms with Crippen LogP contribution < -0.4 is 5.32 Å². The average molecular weight is 215 g/mol. The molecule has 0 aromatic heterocycles. The molecule has 0 aromatic rings. The Morgan fingerprint density at radius 1 is 1.27 bits per heavy atom. The lowest BCUT2D eigenvalue weighted by molar-refractivity contribution is 0.0102. The molecule has 0 spiro atoms. The minimum absolute atomic E-state index is 0.0686. The topological polar surface area (TPSA) is 41.5 Å². The molecule has 0 aromatic carbocycles. The van der Waals surface area contributed by atoms with Crippen LogP contribution in [0.5, 0.6) is 0 Å². The summed E-state index contributed by atoms with van der Waals surface area (Å²) in [5.74, 6) is 0.733. The van der Waals surface area contributed by atoms with Crippen LogP contribution in [0.4, 0.5) is 0 Å². The monoisotopic (exact) mass is 215 g/mol. The molecule has 2 N–H and O–H groups in total. The quantitative estimate of drug-likeness (QED) is 0.706. The molecule has 3 nitrogen and oxygen atoms in total. The second-order valence-electron chi connectivity index (χ2n) is 4.61. The summed E-state index contributed by atoms with van der Waals surface area (Å²) in [6, 6.07) is 0. The molecule has 1 aliphatic heterocycles. The van der Waals surface area contributed by atoms with Gasteiger partial charge >= 0.3 is 0 Å². The van der Waals surface area contributed by atoms with Crippen molar-refractivity contribution in [1.82, 2.24) is 5.32 Å². The fourth-order valence-electron chi connectivity index (χ4n) is 2.09. The van der Waals surface area contributed by atoms with Gasteiger partial charge in [-0.1, -0.05) is 26.7 Å². The van der Waals surface area contributed by atoms with Gasteiger partial charge in [0.1, 0.15) is 0 Å². The fraction of sp³-hybridized carbons (Fsp3) is 1.00. The van der Waals surface area contributed by atoms with Gasteiger partial charge in [-0.25, -0.2) is 0 Å². The summed E-state index contributed by atoms with van der Waals surface area (Å²) in [5, 5.41) is 13.0. The first kappa shape index (κ1) is 12.9. The molecular weight excluding hydrogens is 190 g/mol. The van der Waals surface area contributed by atoms with Gasteiger partial charge in [0.15, 0.2) is 0 Å². The maximum atomic E-state index is 9.48. The molecule has 15 heavy (non-hydrogen) atoms. The molecular formula is C12H25NO2. The van der Waals surface area contributed by atoms with Crippen molar-refractivity contribution >= 4 is 0 Å². The van der Waals surface area contributed by atoms with E-state index in [1.165, 1.54) is 12.8 Å². The highest BCUT2D eigenvalue weighted by molar-refractivity contribution is 4.90. The van der Waals surface area contributed by atoms with Crippen LogP contribution in [0.3, 0.4) is 0 Å². The van der Waals surface area contributed by atoms with E-state index in [1.807, 2.05) is 0 Å². The Morgan fingerprint density at radius 3 is 2.33 bits per heavy atom. The zero-order valence-corrected chi connectivity index (χ0v) is 10.1. The molecule has 1 aliphatic rings. The van der Waals surface area contributed by atoms with E-state index in [0.717, 1.165) is 38.5 Å². The van der Waals surface area contributed by atoms with E-state index in [9.17, 15) is 5.11 Å². The SMILES string of the molecule is CCC(CC)CNC1(CO)CCOCC1. The number of aliphatic hydroxyl groups excluding tert-OH is 1. The summed E-state index contributed by atoms with van der Waals surface area (Å²) in [5.41, 5.74) is -0.0686. The van der Waals surface area contributed by atoms with Crippen LogP contribution in [0, 0.1) is 5.92 Å². The molecule has 1 heterocycles. The first-order valence-corrected chi connectivity index (χ1v) is 6.20. The number of hydrogen-bond acceptors (Lipinski definition) is 3. The second kappa shape index (κ2) is 6.46. The van der Waals surface area contributed by atoms with Crippen LogP contribution in [0.2, 0.25) is 0 Å². The highest BCUT2D eigenvalue weighted by Gasteiger charge is 2.31. The largest absolute Gasteiger partial charge is 0.394 e. The molecule has 3 heteroatoms. The van der Waals surface area contributed by atoms with Gasteiger partial charge in [0.05, 0.1) is 6.61 Å². The molecule has 1 rings (SSSR count). The zero-order valence-electron chi connectivity index (χ0n) is 10.1. The third-order valence-corrected chi connectivity index (χ3v) is 3.67. The maximum Gasteiger partial charge on any atom is 0.0615 e. The van der Waals surface area contributed by atoms with Gasteiger partial charge in [0, 0.05) is 18.8 Å². The molecule has 0 atom stereocenters. The Balaban J connectivity index is 2.38. The first-order valence-electron chi connectivity index (χ1n) is 6.20. The van der Waals surface area contributed by atoms with Crippen LogP contribution in [0.25, 0.3) is 0 Å². The smallest absolute Gasteiger partial charge is 0.0615 e. The van der Waals surface area contributed by atoms with E-state index in [2.05, 4.69) is 19.2 Å². The zero-order chi connectivity index (χ0) is 11.1. The number of hydrogen-bond donors (Lipinski definition) is 2. The molecule has 0 amide bonds. The number of aliphatic hydroxyl groups is 1. The Kier molecular flexibility index (Phi) is 5.58. The van der Waals surface area contributed by atoms with Gasteiger partial charge in [-0.15, -0.1) is 0 Å². The molecule has 0 unspecified atom stereocenters. The summed E-state index contributed by atoms with van der Waals surface area (Å²) >= 11 is 0. The molecule has 1 saturated heterocycles. The molecule has 0 saturated carbocycles. The number of rotatable bonds is 6. The van der Waals surface area contributed by atoms with Crippen molar-refractivity contribution in [2.45, 2.75) is 45.1 Å². The van der Waals surface area contributed by atoms with Crippen LogP contribution in [-0.4, -0.2) is 37.0 Å². The molecule has 90 valence electrons. The first-order chi connectivity index (χ1) is 7.26. The summed E-state index contributed by atoms with van der Waals surface area (Å²) < 4.78 is 5.33. The predicted octanol–water partition coefficient (Wildman–Crippen LogP) is 1.55. The van der Waals surface area contributed by atoms with Gasteiger partial charge < -0.3 is 15.2 Å². The Labute approximate surface area is 93.2 Å². The second-order valence-corrected chi connectivity index (χ2v) is 4.61. The van der Waals surface area contributed by atoms with E-state index in [1.54, 1.807) is 0 Å². The average Bonchev–Trinajstić information content (AvgIpc) is 2.31. The lowest BCUT2D eigenvalue weighted by Gasteiger charge is -2.37. The van der Waals surface area contributed by atoms with Gasteiger partial charge in [-0.05, 0) is 25.3 Å². The highest BCUT2D eigenvalue weighted by Crippen LogP contribution is 2.21. The van der Waals surface area contributed by atoms with E-state index in [4.69, 9.17) is 4.74 Å². The lowest BCUT2D eigenvalue weighted by atomic mass is 9.90. The molecule has 0 radical (unpaired) electrons. The van der Waals surface area contributed by atoms with Gasteiger partial charge in [0.25, 0.3) is 0 Å². The van der Waals surface area contributed by atoms with Crippen molar-refractivity contribution in [3.05, 3.63) is 0 Å². The van der Waals surface area contributed by atoms with Gasteiger partial charge in [-0.2, -0.15) is 0 Å². The normalized spacial score (nSPS) is 20.8. The van der Waals surface area contributed by atoms with Crippen LogP contribution in [-0.2, 0) is 4.74 Å². The summed E-state index contributed by atoms with van der Waals surface area (Å²) in [4.78, 5) is 0. The molecule has 1 fully saturated rings. The van der Waals surface area contributed by atoms with Crippen molar-refractivity contribution in [1.29, 1.82) is 0 Å². The van der Waals surface area contributed by atoms with Crippen molar-refractivity contribution in [3.63, 3.8) is 0 Å². The van der Waals surface area contributed by atoms with E-state index >= 15 is 0 Å². The third-order valence-electron chi connectivity index (χ3n) is 3.67. The van der Waals surface area contributed by atoms with Crippen LogP contribution in [0.15, 0.2) is 0 Å². The van der Waals surface area contributed by atoms with Gasteiger partial charge in [0.2, 0.25) is 0 Å². The van der Waals surface area contributed by atoms with Crippen molar-refractivity contribution in [3.8, 4) is 0 Å².